The molecule has 2 fully saturated rings. The van der Waals surface area contributed by atoms with Gasteiger partial charge in [-0.05, 0) is 19.8 Å². The standard InChI is InChI=1S/C9H17NO3/c1-8(13)5-10-9(2-3-9)6(4-11)7(8)12/h6-7,10-13H,2-5H2,1H3/t6-,7-,8-/m1/s1. The van der Waals surface area contributed by atoms with E-state index in [0.29, 0.717) is 6.54 Å². The Morgan fingerprint density at radius 3 is 2.54 bits per heavy atom. The number of hydrogen-bond acceptors (Lipinski definition) is 4. The third-order valence-electron chi connectivity index (χ3n) is 3.51. The van der Waals surface area contributed by atoms with Crippen LogP contribution in [0, 0.1) is 5.92 Å². The number of piperidine rings is 1. The molecule has 76 valence electrons. The number of aliphatic hydroxyl groups excluding tert-OH is 2. The summed E-state index contributed by atoms with van der Waals surface area (Å²) in [6.45, 7) is 1.94. The zero-order valence-corrected chi connectivity index (χ0v) is 7.82. The smallest absolute Gasteiger partial charge is 0.100 e. The third-order valence-corrected chi connectivity index (χ3v) is 3.51. The van der Waals surface area contributed by atoms with Crippen LogP contribution in [-0.4, -0.2) is 45.7 Å². The molecule has 1 aliphatic carbocycles. The molecule has 0 unspecified atom stereocenters. The predicted octanol–water partition coefficient (Wildman–Crippen LogP) is -1.16. The molecule has 0 bridgehead atoms. The summed E-state index contributed by atoms with van der Waals surface area (Å²) in [5.74, 6) is -0.226. The van der Waals surface area contributed by atoms with Gasteiger partial charge in [0, 0.05) is 18.0 Å². The summed E-state index contributed by atoms with van der Waals surface area (Å²) < 4.78 is 0. The van der Waals surface area contributed by atoms with Crippen LogP contribution in [0.2, 0.25) is 0 Å². The lowest BCUT2D eigenvalue weighted by atomic mass is 9.78. The predicted molar refractivity (Wildman–Crippen MR) is 47.2 cm³/mol. The topological polar surface area (TPSA) is 72.7 Å². The Hall–Kier alpha value is -0.160. The van der Waals surface area contributed by atoms with Crippen LogP contribution >= 0.6 is 0 Å². The molecule has 2 rings (SSSR count). The van der Waals surface area contributed by atoms with E-state index in [0.717, 1.165) is 12.8 Å². The first-order valence-corrected chi connectivity index (χ1v) is 4.78. The molecule has 4 heteroatoms. The van der Waals surface area contributed by atoms with Crippen LogP contribution in [0.4, 0.5) is 0 Å². The molecule has 0 aromatic heterocycles. The average molecular weight is 187 g/mol. The van der Waals surface area contributed by atoms with Crippen molar-refractivity contribution in [2.75, 3.05) is 13.2 Å². The van der Waals surface area contributed by atoms with Crippen molar-refractivity contribution in [3.63, 3.8) is 0 Å². The first-order chi connectivity index (χ1) is 6.02. The Bertz CT molecular complexity index is 213. The maximum absolute atomic E-state index is 9.82. The minimum Gasteiger partial charge on any atom is -0.396 e. The molecule has 0 radical (unpaired) electrons. The molecule has 1 heterocycles. The lowest BCUT2D eigenvalue weighted by molar-refractivity contribution is -0.131. The van der Waals surface area contributed by atoms with Gasteiger partial charge in [-0.15, -0.1) is 0 Å². The van der Waals surface area contributed by atoms with Gasteiger partial charge < -0.3 is 20.6 Å². The van der Waals surface area contributed by atoms with Crippen LogP contribution < -0.4 is 5.32 Å². The highest BCUT2D eigenvalue weighted by atomic mass is 16.3. The van der Waals surface area contributed by atoms with Crippen molar-refractivity contribution < 1.29 is 15.3 Å². The van der Waals surface area contributed by atoms with Crippen LogP contribution in [0.1, 0.15) is 19.8 Å². The van der Waals surface area contributed by atoms with Crippen LogP contribution in [-0.2, 0) is 0 Å². The van der Waals surface area contributed by atoms with Crippen LogP contribution in [0.5, 0.6) is 0 Å². The van der Waals surface area contributed by atoms with E-state index >= 15 is 0 Å². The largest absolute Gasteiger partial charge is 0.396 e. The molecule has 13 heavy (non-hydrogen) atoms. The highest BCUT2D eigenvalue weighted by Crippen LogP contribution is 2.47. The first-order valence-electron chi connectivity index (χ1n) is 4.78. The number of rotatable bonds is 1. The summed E-state index contributed by atoms with van der Waals surface area (Å²) in [4.78, 5) is 0. The van der Waals surface area contributed by atoms with Crippen molar-refractivity contribution in [3.05, 3.63) is 0 Å². The van der Waals surface area contributed by atoms with Crippen LogP contribution in [0.3, 0.4) is 0 Å². The van der Waals surface area contributed by atoms with Gasteiger partial charge >= 0.3 is 0 Å². The molecule has 0 aromatic rings. The van der Waals surface area contributed by atoms with Gasteiger partial charge in [-0.3, -0.25) is 0 Å². The second-order valence-electron chi connectivity index (χ2n) is 4.60. The van der Waals surface area contributed by atoms with E-state index in [9.17, 15) is 10.2 Å². The molecular formula is C9H17NO3. The Morgan fingerprint density at radius 2 is 2.08 bits per heavy atom. The van der Waals surface area contributed by atoms with E-state index in [1.165, 1.54) is 0 Å². The SMILES string of the molecule is C[C@@]1(O)CNC2(CC2)[C@H](CO)[C@H]1O. The molecule has 3 atom stereocenters. The number of β-amino-alcohol motifs (C(OH)–C–C–N with tert-alkyl or cyclic N) is 1. The van der Waals surface area contributed by atoms with Crippen molar-refractivity contribution in [3.8, 4) is 0 Å². The molecule has 1 aliphatic heterocycles. The summed E-state index contributed by atoms with van der Waals surface area (Å²) in [6, 6.07) is 0. The number of hydrogen-bond donors (Lipinski definition) is 4. The van der Waals surface area contributed by atoms with Crippen molar-refractivity contribution in [1.82, 2.24) is 5.32 Å². The van der Waals surface area contributed by atoms with Crippen molar-refractivity contribution in [2.45, 2.75) is 37.0 Å². The molecule has 4 N–H and O–H groups in total. The van der Waals surface area contributed by atoms with Crippen LogP contribution in [0.25, 0.3) is 0 Å². The zero-order chi connectivity index (χ0) is 9.69. The second-order valence-corrected chi connectivity index (χ2v) is 4.60. The van der Waals surface area contributed by atoms with E-state index in [1.54, 1.807) is 6.92 Å². The van der Waals surface area contributed by atoms with Gasteiger partial charge in [-0.2, -0.15) is 0 Å². The van der Waals surface area contributed by atoms with E-state index in [2.05, 4.69) is 5.32 Å². The van der Waals surface area contributed by atoms with Crippen molar-refractivity contribution in [2.24, 2.45) is 5.92 Å². The average Bonchev–Trinajstić information content (AvgIpc) is 2.82. The Labute approximate surface area is 77.6 Å². The van der Waals surface area contributed by atoms with Gasteiger partial charge in [0.1, 0.15) is 5.60 Å². The molecule has 0 aromatic carbocycles. The molecule has 0 amide bonds. The second kappa shape index (κ2) is 2.67. The zero-order valence-electron chi connectivity index (χ0n) is 7.82. The summed E-state index contributed by atoms with van der Waals surface area (Å²) in [5.41, 5.74) is -1.20. The highest BCUT2D eigenvalue weighted by molar-refractivity contribution is 5.15. The monoisotopic (exact) mass is 187 g/mol. The summed E-state index contributed by atoms with van der Waals surface area (Å²) >= 11 is 0. The molecule has 1 saturated heterocycles. The number of aliphatic hydroxyl groups is 3. The van der Waals surface area contributed by atoms with Gasteiger partial charge in [0.2, 0.25) is 0 Å². The summed E-state index contributed by atoms with van der Waals surface area (Å²) in [6.07, 6.45) is 1.16. The van der Waals surface area contributed by atoms with E-state index in [1.807, 2.05) is 0 Å². The normalized spacial score (nSPS) is 48.0. The van der Waals surface area contributed by atoms with E-state index in [-0.39, 0.29) is 18.1 Å². The minimum atomic E-state index is -1.11. The van der Waals surface area contributed by atoms with Gasteiger partial charge in [-0.25, -0.2) is 0 Å². The van der Waals surface area contributed by atoms with Gasteiger partial charge in [0.05, 0.1) is 12.7 Å². The maximum atomic E-state index is 9.82. The lowest BCUT2D eigenvalue weighted by Gasteiger charge is -2.44. The van der Waals surface area contributed by atoms with Crippen molar-refractivity contribution >= 4 is 0 Å². The third kappa shape index (κ3) is 1.29. The quantitative estimate of drug-likeness (QED) is 0.418. The highest BCUT2D eigenvalue weighted by Gasteiger charge is 2.58. The van der Waals surface area contributed by atoms with E-state index < -0.39 is 11.7 Å². The molecular weight excluding hydrogens is 170 g/mol. The molecule has 1 spiro atoms. The minimum absolute atomic E-state index is 0.0652. The Morgan fingerprint density at radius 1 is 1.46 bits per heavy atom. The molecule has 4 nitrogen and oxygen atoms in total. The lowest BCUT2D eigenvalue weighted by Crippen LogP contribution is -2.64. The van der Waals surface area contributed by atoms with Gasteiger partial charge in [-0.1, -0.05) is 0 Å². The first kappa shape index (κ1) is 9.40. The van der Waals surface area contributed by atoms with E-state index in [4.69, 9.17) is 5.11 Å². The Balaban J connectivity index is 2.17. The fourth-order valence-corrected chi connectivity index (χ4v) is 2.28. The maximum Gasteiger partial charge on any atom is 0.100 e. The molecule has 2 aliphatic rings. The Kier molecular flexibility index (Phi) is 1.93. The number of nitrogens with one attached hydrogen (secondary N) is 1. The fourth-order valence-electron chi connectivity index (χ4n) is 2.28. The summed E-state index contributed by atoms with van der Waals surface area (Å²) in [5, 5.41) is 32.0. The van der Waals surface area contributed by atoms with Crippen LogP contribution in [0.15, 0.2) is 0 Å². The van der Waals surface area contributed by atoms with Crippen molar-refractivity contribution in [1.29, 1.82) is 0 Å². The van der Waals surface area contributed by atoms with Gasteiger partial charge in [0.25, 0.3) is 0 Å². The molecule has 1 saturated carbocycles. The van der Waals surface area contributed by atoms with Gasteiger partial charge in [0.15, 0.2) is 0 Å². The fraction of sp³-hybridized carbons (Fsp3) is 1.00. The summed E-state index contributed by atoms with van der Waals surface area (Å²) in [7, 11) is 0.